The van der Waals surface area contributed by atoms with E-state index in [0.29, 0.717) is 18.7 Å². The van der Waals surface area contributed by atoms with Gasteiger partial charge in [-0.25, -0.2) is 9.97 Å². The Morgan fingerprint density at radius 1 is 1.56 bits per heavy atom. The zero-order valence-electron chi connectivity index (χ0n) is 8.38. The van der Waals surface area contributed by atoms with Crippen molar-refractivity contribution in [1.29, 1.82) is 0 Å². The highest BCUT2D eigenvalue weighted by Gasteiger charge is 1.96. The highest BCUT2D eigenvalue weighted by molar-refractivity contribution is 5.70. The van der Waals surface area contributed by atoms with Crippen molar-refractivity contribution in [1.82, 2.24) is 15.0 Å². The highest BCUT2D eigenvalue weighted by atomic mass is 15.1. The number of fused-ring (bicyclic) bond motifs is 1. The van der Waals surface area contributed by atoms with Crippen LogP contribution < -0.4 is 0 Å². The Balaban J connectivity index is 2.11. The van der Waals surface area contributed by atoms with Gasteiger partial charge in [0.1, 0.15) is 11.2 Å². The lowest BCUT2D eigenvalue weighted by Crippen LogP contribution is -1.86. The molecule has 0 radical (unpaired) electrons. The van der Waals surface area contributed by atoms with E-state index in [4.69, 9.17) is 5.53 Å². The van der Waals surface area contributed by atoms with E-state index < -0.39 is 0 Å². The molecule has 6 nitrogen and oxygen atoms in total. The Morgan fingerprint density at radius 3 is 3.38 bits per heavy atom. The van der Waals surface area contributed by atoms with Gasteiger partial charge in [0, 0.05) is 24.1 Å². The number of rotatable bonds is 2. The van der Waals surface area contributed by atoms with Crippen LogP contribution in [0.1, 0.15) is 12.1 Å². The number of aromatic nitrogens is 3. The first-order valence-corrected chi connectivity index (χ1v) is 4.70. The van der Waals surface area contributed by atoms with Crippen LogP contribution in [-0.4, -0.2) is 21.5 Å². The normalized spacial score (nSPS) is 9.25. The molecule has 1 N–H and O–H groups in total. The van der Waals surface area contributed by atoms with Gasteiger partial charge >= 0.3 is 0 Å². The maximum absolute atomic E-state index is 8.06. The smallest absolute Gasteiger partial charge is 0.156 e. The number of hydrogen-bond donors (Lipinski definition) is 1. The number of nitrogens with one attached hydrogen (secondary N) is 1. The number of H-pyrrole nitrogens is 1. The van der Waals surface area contributed by atoms with Gasteiger partial charge in [-0.2, -0.15) is 0 Å². The van der Waals surface area contributed by atoms with E-state index >= 15 is 0 Å². The summed E-state index contributed by atoms with van der Waals surface area (Å²) in [5, 5.41) is 3.38. The molecule has 0 atom stereocenters. The van der Waals surface area contributed by atoms with Crippen LogP contribution in [0, 0.1) is 11.8 Å². The van der Waals surface area contributed by atoms with Crippen molar-refractivity contribution < 1.29 is 0 Å². The standard InChI is InChI=1S/C10H8N6/c11-16-14-5-2-1-3-8-7-13-10-9(15-8)4-6-12-10/h4,6-7H,2,5H2,(H,12,13). The minimum atomic E-state index is 0.378. The molecule has 0 saturated carbocycles. The summed E-state index contributed by atoms with van der Waals surface area (Å²) in [7, 11) is 0. The van der Waals surface area contributed by atoms with Gasteiger partial charge in [0.25, 0.3) is 0 Å². The van der Waals surface area contributed by atoms with E-state index in [-0.39, 0.29) is 0 Å². The van der Waals surface area contributed by atoms with Gasteiger partial charge in [-0.15, -0.1) is 0 Å². The largest absolute Gasteiger partial charge is 0.345 e. The predicted octanol–water partition coefficient (Wildman–Crippen LogP) is 2.01. The van der Waals surface area contributed by atoms with Gasteiger partial charge in [0.05, 0.1) is 6.20 Å². The van der Waals surface area contributed by atoms with Gasteiger partial charge in [0.2, 0.25) is 0 Å². The average Bonchev–Trinajstić information content (AvgIpc) is 2.76. The first-order valence-electron chi connectivity index (χ1n) is 4.70. The first-order chi connectivity index (χ1) is 7.90. The fourth-order valence-electron chi connectivity index (χ4n) is 1.19. The van der Waals surface area contributed by atoms with E-state index in [9.17, 15) is 0 Å². The van der Waals surface area contributed by atoms with Crippen LogP contribution in [0.25, 0.3) is 21.6 Å². The SMILES string of the molecule is [N-]=[N+]=NCCC#Cc1cnc2[nH]ccc2n1. The van der Waals surface area contributed by atoms with Crippen molar-refractivity contribution >= 4 is 11.2 Å². The summed E-state index contributed by atoms with van der Waals surface area (Å²) >= 11 is 0. The maximum atomic E-state index is 8.06. The molecule has 0 aliphatic heterocycles. The number of hydrogen-bond acceptors (Lipinski definition) is 3. The molecule has 0 aliphatic rings. The molecule has 2 aromatic heterocycles. The van der Waals surface area contributed by atoms with Crippen LogP contribution in [0.2, 0.25) is 0 Å². The lowest BCUT2D eigenvalue weighted by atomic mass is 10.3. The van der Waals surface area contributed by atoms with Crippen LogP contribution >= 0.6 is 0 Å². The quantitative estimate of drug-likeness (QED) is 0.271. The minimum Gasteiger partial charge on any atom is -0.345 e. The monoisotopic (exact) mass is 212 g/mol. The van der Waals surface area contributed by atoms with E-state index in [1.807, 2.05) is 6.07 Å². The zero-order valence-corrected chi connectivity index (χ0v) is 8.38. The molecular formula is C10H8N6. The van der Waals surface area contributed by atoms with Crippen LogP contribution in [0.4, 0.5) is 0 Å². The second-order valence-corrected chi connectivity index (χ2v) is 2.97. The molecule has 0 bridgehead atoms. The Bertz CT molecular complexity index is 596. The Labute approximate surface area is 91.4 Å². The van der Waals surface area contributed by atoms with Gasteiger partial charge in [0.15, 0.2) is 5.65 Å². The first kappa shape index (κ1) is 10.0. The van der Waals surface area contributed by atoms with Crippen molar-refractivity contribution in [2.75, 3.05) is 6.54 Å². The summed E-state index contributed by atoms with van der Waals surface area (Å²) < 4.78 is 0. The highest BCUT2D eigenvalue weighted by Crippen LogP contribution is 2.05. The summed E-state index contributed by atoms with van der Waals surface area (Å²) in [4.78, 5) is 14.0. The molecule has 0 saturated heterocycles. The van der Waals surface area contributed by atoms with Crippen LogP contribution in [0.3, 0.4) is 0 Å². The number of aromatic amines is 1. The van der Waals surface area contributed by atoms with Crippen LogP contribution in [0.5, 0.6) is 0 Å². The predicted molar refractivity (Wildman–Crippen MR) is 59.4 cm³/mol. The molecular weight excluding hydrogens is 204 g/mol. The molecule has 0 aliphatic carbocycles. The van der Waals surface area contributed by atoms with Gasteiger partial charge in [-0.05, 0) is 17.5 Å². The molecule has 0 amide bonds. The van der Waals surface area contributed by atoms with E-state index in [0.717, 1.165) is 11.2 Å². The molecule has 0 aromatic carbocycles. The lowest BCUT2D eigenvalue weighted by Gasteiger charge is -1.89. The van der Waals surface area contributed by atoms with Gasteiger partial charge in [-0.3, -0.25) is 0 Å². The lowest BCUT2D eigenvalue weighted by molar-refractivity contribution is 1.01. The summed E-state index contributed by atoms with van der Waals surface area (Å²) in [6, 6.07) is 1.84. The van der Waals surface area contributed by atoms with E-state index in [2.05, 4.69) is 36.8 Å². The fraction of sp³-hybridized carbons (Fsp3) is 0.200. The molecule has 2 heterocycles. The second-order valence-electron chi connectivity index (χ2n) is 2.97. The Kier molecular flexibility index (Phi) is 3.02. The fourth-order valence-corrected chi connectivity index (χ4v) is 1.19. The summed E-state index contributed by atoms with van der Waals surface area (Å²) in [6.45, 7) is 0.378. The van der Waals surface area contributed by atoms with Crippen molar-refractivity contribution in [2.24, 2.45) is 5.11 Å². The van der Waals surface area contributed by atoms with E-state index in [1.165, 1.54) is 0 Å². The average molecular weight is 212 g/mol. The topological polar surface area (TPSA) is 90.3 Å². The molecule has 16 heavy (non-hydrogen) atoms. The molecule has 0 spiro atoms. The third kappa shape index (κ3) is 2.29. The van der Waals surface area contributed by atoms with Gasteiger partial charge in [-0.1, -0.05) is 11.0 Å². The molecule has 0 unspecified atom stereocenters. The minimum absolute atomic E-state index is 0.378. The Hall–Kier alpha value is -2.51. The van der Waals surface area contributed by atoms with E-state index in [1.54, 1.807) is 12.4 Å². The number of azide groups is 1. The Morgan fingerprint density at radius 2 is 2.50 bits per heavy atom. The molecule has 2 rings (SSSR count). The third-order valence-corrected chi connectivity index (χ3v) is 1.88. The van der Waals surface area contributed by atoms with Crippen LogP contribution in [0.15, 0.2) is 23.6 Å². The van der Waals surface area contributed by atoms with Crippen LogP contribution in [-0.2, 0) is 0 Å². The molecule has 0 fully saturated rings. The molecule has 6 heteroatoms. The second kappa shape index (κ2) is 4.82. The molecule has 2 aromatic rings. The van der Waals surface area contributed by atoms with Crippen molar-refractivity contribution in [3.63, 3.8) is 0 Å². The number of nitrogens with zero attached hydrogens (tertiary/aromatic N) is 5. The van der Waals surface area contributed by atoms with Crippen molar-refractivity contribution in [3.8, 4) is 11.8 Å². The van der Waals surface area contributed by atoms with Gasteiger partial charge < -0.3 is 4.98 Å². The van der Waals surface area contributed by atoms with Crippen molar-refractivity contribution in [3.05, 3.63) is 34.6 Å². The zero-order chi connectivity index (χ0) is 11.2. The van der Waals surface area contributed by atoms with Crippen molar-refractivity contribution in [2.45, 2.75) is 6.42 Å². The summed E-state index contributed by atoms with van der Waals surface area (Å²) in [6.07, 6.45) is 3.92. The summed E-state index contributed by atoms with van der Waals surface area (Å²) in [5.74, 6) is 5.73. The molecule has 78 valence electrons. The third-order valence-electron chi connectivity index (χ3n) is 1.88. The maximum Gasteiger partial charge on any atom is 0.156 e. The summed E-state index contributed by atoms with van der Waals surface area (Å²) in [5.41, 5.74) is 10.2.